The van der Waals surface area contributed by atoms with Crippen LogP contribution in [-0.4, -0.2) is 49.5 Å². The zero-order valence-corrected chi connectivity index (χ0v) is 24.1. The Bertz CT molecular complexity index is 1190. The molecule has 0 aromatic heterocycles. The lowest BCUT2D eigenvalue weighted by Gasteiger charge is -2.33. The summed E-state index contributed by atoms with van der Waals surface area (Å²) >= 11 is 12.4. The molecule has 198 valence electrons. The maximum Gasteiger partial charge on any atom is 0.244 e. The number of carbonyl (C=O) groups excluding carboxylic acids is 2. The van der Waals surface area contributed by atoms with Crippen molar-refractivity contribution in [2.45, 2.75) is 65.6 Å². The highest BCUT2D eigenvalue weighted by Crippen LogP contribution is 2.25. The van der Waals surface area contributed by atoms with Gasteiger partial charge in [0, 0.05) is 22.1 Å². The standard InChI is InChI=1S/C26H35Cl2N3O4S/c1-17(2)19-9-12-22(13-10-19)31(36(7,34)35)16-24(32)30(18(3)25(33)29-26(4,5)6)15-20-8-11-21(27)14-23(20)28/h8-14,17-18H,15-16H2,1-7H3,(H,29,33). The number of carbonyl (C=O) groups is 2. The summed E-state index contributed by atoms with van der Waals surface area (Å²) in [7, 11) is -3.80. The highest BCUT2D eigenvalue weighted by molar-refractivity contribution is 7.92. The molecule has 0 spiro atoms. The smallest absolute Gasteiger partial charge is 0.244 e. The van der Waals surface area contributed by atoms with Crippen molar-refractivity contribution in [3.63, 3.8) is 0 Å². The number of hydrogen-bond donors (Lipinski definition) is 1. The average molecular weight is 557 g/mol. The fourth-order valence-corrected chi connectivity index (χ4v) is 4.85. The van der Waals surface area contributed by atoms with Gasteiger partial charge in [-0.25, -0.2) is 8.42 Å². The summed E-state index contributed by atoms with van der Waals surface area (Å²) in [4.78, 5) is 27.9. The van der Waals surface area contributed by atoms with E-state index in [1.165, 1.54) is 4.90 Å². The highest BCUT2D eigenvalue weighted by Gasteiger charge is 2.31. The van der Waals surface area contributed by atoms with Crippen LogP contribution in [0.1, 0.15) is 58.6 Å². The van der Waals surface area contributed by atoms with Crippen LogP contribution in [0.3, 0.4) is 0 Å². The molecule has 36 heavy (non-hydrogen) atoms. The molecule has 10 heteroatoms. The maximum absolute atomic E-state index is 13.6. The quantitative estimate of drug-likeness (QED) is 0.459. The molecule has 0 aliphatic rings. The Morgan fingerprint density at radius 2 is 1.58 bits per heavy atom. The SMILES string of the molecule is CC(C)c1ccc(N(CC(=O)N(Cc2ccc(Cl)cc2Cl)C(C)C(=O)NC(C)(C)C)S(C)(=O)=O)cc1. The first kappa shape index (κ1) is 29.9. The Morgan fingerprint density at radius 3 is 2.06 bits per heavy atom. The van der Waals surface area contributed by atoms with E-state index in [0.29, 0.717) is 21.3 Å². The summed E-state index contributed by atoms with van der Waals surface area (Å²) in [5, 5.41) is 3.66. The van der Waals surface area contributed by atoms with Crippen LogP contribution in [-0.2, 0) is 26.2 Å². The van der Waals surface area contributed by atoms with Gasteiger partial charge < -0.3 is 10.2 Å². The third-order valence-electron chi connectivity index (χ3n) is 5.55. The molecule has 1 unspecified atom stereocenters. The molecule has 2 aromatic rings. The second-order valence-electron chi connectivity index (χ2n) is 10.2. The molecule has 2 rings (SSSR count). The van der Waals surface area contributed by atoms with E-state index < -0.39 is 34.1 Å². The van der Waals surface area contributed by atoms with Crippen molar-refractivity contribution in [1.82, 2.24) is 10.2 Å². The minimum Gasteiger partial charge on any atom is -0.350 e. The van der Waals surface area contributed by atoms with Gasteiger partial charge in [-0.3, -0.25) is 13.9 Å². The van der Waals surface area contributed by atoms with Crippen molar-refractivity contribution in [1.29, 1.82) is 0 Å². The number of anilines is 1. The first-order valence-corrected chi connectivity index (χ1v) is 14.2. The van der Waals surface area contributed by atoms with E-state index in [9.17, 15) is 18.0 Å². The van der Waals surface area contributed by atoms with E-state index in [-0.39, 0.29) is 18.4 Å². The predicted octanol–water partition coefficient (Wildman–Crippen LogP) is 5.21. The Labute approximate surface area is 224 Å². The van der Waals surface area contributed by atoms with Gasteiger partial charge in [0.25, 0.3) is 0 Å². The molecule has 0 saturated carbocycles. The van der Waals surface area contributed by atoms with Crippen molar-refractivity contribution < 1.29 is 18.0 Å². The number of rotatable bonds is 9. The van der Waals surface area contributed by atoms with Crippen molar-refractivity contribution in [3.8, 4) is 0 Å². The van der Waals surface area contributed by atoms with E-state index in [4.69, 9.17) is 23.2 Å². The zero-order chi connectivity index (χ0) is 27.4. The van der Waals surface area contributed by atoms with Crippen LogP contribution >= 0.6 is 23.2 Å². The summed E-state index contributed by atoms with van der Waals surface area (Å²) in [6, 6.07) is 11.0. The summed E-state index contributed by atoms with van der Waals surface area (Å²) in [6.07, 6.45) is 1.05. The van der Waals surface area contributed by atoms with Gasteiger partial charge in [0.1, 0.15) is 12.6 Å². The van der Waals surface area contributed by atoms with E-state index >= 15 is 0 Å². The molecule has 2 aromatic carbocycles. The van der Waals surface area contributed by atoms with E-state index in [1.807, 2.05) is 46.8 Å². The normalized spacial score (nSPS) is 12.8. The van der Waals surface area contributed by atoms with Crippen LogP contribution < -0.4 is 9.62 Å². The summed E-state index contributed by atoms with van der Waals surface area (Å²) in [6.45, 7) is 10.7. The lowest BCUT2D eigenvalue weighted by atomic mass is 10.0. The van der Waals surface area contributed by atoms with Gasteiger partial charge in [-0.1, -0.05) is 55.2 Å². The monoisotopic (exact) mass is 555 g/mol. The average Bonchev–Trinajstić information content (AvgIpc) is 2.74. The molecule has 0 heterocycles. The van der Waals surface area contributed by atoms with Gasteiger partial charge in [0.2, 0.25) is 21.8 Å². The molecule has 1 atom stereocenters. The lowest BCUT2D eigenvalue weighted by molar-refractivity contribution is -0.140. The number of hydrogen-bond acceptors (Lipinski definition) is 4. The largest absolute Gasteiger partial charge is 0.350 e. The van der Waals surface area contributed by atoms with Crippen molar-refractivity contribution in [2.24, 2.45) is 0 Å². The second kappa shape index (κ2) is 11.8. The fourth-order valence-electron chi connectivity index (χ4n) is 3.53. The molecule has 0 aliphatic carbocycles. The van der Waals surface area contributed by atoms with Gasteiger partial charge in [-0.2, -0.15) is 0 Å². The van der Waals surface area contributed by atoms with Crippen LogP contribution in [0.15, 0.2) is 42.5 Å². The van der Waals surface area contributed by atoms with Crippen LogP contribution in [0.25, 0.3) is 0 Å². The van der Waals surface area contributed by atoms with Crippen molar-refractivity contribution in [3.05, 3.63) is 63.6 Å². The number of nitrogens with zero attached hydrogens (tertiary/aromatic N) is 2. The first-order chi connectivity index (χ1) is 16.5. The minimum atomic E-state index is -3.80. The maximum atomic E-state index is 13.6. The summed E-state index contributed by atoms with van der Waals surface area (Å²) in [5.74, 6) is -0.641. The van der Waals surface area contributed by atoms with E-state index in [0.717, 1.165) is 16.1 Å². The molecule has 2 amide bonds. The lowest BCUT2D eigenvalue weighted by Crippen LogP contribution is -2.54. The number of sulfonamides is 1. The van der Waals surface area contributed by atoms with E-state index in [2.05, 4.69) is 5.32 Å². The first-order valence-electron chi connectivity index (χ1n) is 11.6. The van der Waals surface area contributed by atoms with Gasteiger partial charge >= 0.3 is 0 Å². The number of nitrogens with one attached hydrogen (secondary N) is 1. The van der Waals surface area contributed by atoms with Crippen molar-refractivity contribution in [2.75, 3.05) is 17.1 Å². The zero-order valence-electron chi connectivity index (χ0n) is 21.8. The van der Waals surface area contributed by atoms with Gasteiger partial charge in [0.15, 0.2) is 0 Å². The molecule has 7 nitrogen and oxygen atoms in total. The summed E-state index contributed by atoms with van der Waals surface area (Å²) in [5.41, 5.74) is 1.48. The topological polar surface area (TPSA) is 86.8 Å². The van der Waals surface area contributed by atoms with Gasteiger partial charge in [-0.05, 0) is 69.0 Å². The number of amides is 2. The van der Waals surface area contributed by atoms with Crippen LogP contribution in [0.5, 0.6) is 0 Å². The van der Waals surface area contributed by atoms with Crippen LogP contribution in [0.2, 0.25) is 10.0 Å². The Morgan fingerprint density at radius 1 is 1.00 bits per heavy atom. The highest BCUT2D eigenvalue weighted by atomic mass is 35.5. The fraction of sp³-hybridized carbons (Fsp3) is 0.462. The summed E-state index contributed by atoms with van der Waals surface area (Å²) < 4.78 is 26.4. The molecule has 0 aliphatic heterocycles. The molecule has 0 fully saturated rings. The van der Waals surface area contributed by atoms with Crippen molar-refractivity contribution >= 4 is 50.7 Å². The van der Waals surface area contributed by atoms with Gasteiger partial charge in [-0.15, -0.1) is 0 Å². The van der Waals surface area contributed by atoms with Crippen LogP contribution in [0, 0.1) is 0 Å². The third kappa shape index (κ3) is 8.39. The Hall–Kier alpha value is -2.29. The molecule has 1 N–H and O–H groups in total. The van der Waals surface area contributed by atoms with Crippen LogP contribution in [0.4, 0.5) is 5.69 Å². The third-order valence-corrected chi connectivity index (χ3v) is 7.28. The molecule has 0 saturated heterocycles. The number of halogens is 2. The Kier molecular flexibility index (Phi) is 9.84. The molecule has 0 radical (unpaired) electrons. The second-order valence-corrected chi connectivity index (χ2v) is 12.9. The molecular formula is C26H35Cl2N3O4S. The molecule has 0 bridgehead atoms. The predicted molar refractivity (Wildman–Crippen MR) is 147 cm³/mol. The van der Waals surface area contributed by atoms with Gasteiger partial charge in [0.05, 0.1) is 11.9 Å². The Balaban J connectivity index is 2.44. The molecular weight excluding hydrogens is 521 g/mol. The number of benzene rings is 2. The minimum absolute atomic E-state index is 0.00253. The van der Waals surface area contributed by atoms with E-state index in [1.54, 1.807) is 37.3 Å².